The number of fused-ring (bicyclic) bond motifs is 1. The SMILES string of the molecule is CC12CC3(C)C4(C)CC(C(C=O)=C1Br)C243. The molecule has 4 rings (SSSR count). The van der Waals surface area contributed by atoms with Crippen LogP contribution in [0.2, 0.25) is 0 Å². The first-order chi connectivity index (χ1) is 6.91. The first-order valence-corrected chi connectivity index (χ1v) is 6.55. The van der Waals surface area contributed by atoms with Crippen LogP contribution in [0.4, 0.5) is 0 Å². The number of halogens is 1. The molecule has 0 saturated heterocycles. The number of rotatable bonds is 1. The minimum absolute atomic E-state index is 0.287. The number of carbonyl (C=O) groups excluding carboxylic acids is 1. The summed E-state index contributed by atoms with van der Waals surface area (Å²) in [5, 5.41) is 0. The second kappa shape index (κ2) is 1.79. The predicted octanol–water partition coefficient (Wildman–Crippen LogP) is 3.29. The van der Waals surface area contributed by atoms with Crippen LogP contribution >= 0.6 is 15.9 Å². The fourth-order valence-electron chi connectivity index (χ4n) is 6.57. The first-order valence-electron chi connectivity index (χ1n) is 5.76. The third kappa shape index (κ3) is 0.439. The van der Waals surface area contributed by atoms with Crippen LogP contribution in [-0.4, -0.2) is 6.29 Å². The van der Waals surface area contributed by atoms with E-state index in [9.17, 15) is 4.79 Å². The lowest BCUT2D eigenvalue weighted by molar-refractivity contribution is -0.106. The van der Waals surface area contributed by atoms with Gasteiger partial charge in [-0.05, 0) is 35.0 Å². The monoisotopic (exact) mass is 266 g/mol. The number of hydrogen-bond acceptors (Lipinski definition) is 1. The van der Waals surface area contributed by atoms with Crippen molar-refractivity contribution in [3.8, 4) is 0 Å². The van der Waals surface area contributed by atoms with Gasteiger partial charge in [0.25, 0.3) is 0 Å². The Bertz CT molecular complexity index is 457. The standard InChI is InChI=1S/C13H15BrO/c1-10-6-12(3)11(2)4-8(13(10,11)12)7(5-15)9(10)14/h5,8H,4,6H2,1-3H3. The summed E-state index contributed by atoms with van der Waals surface area (Å²) >= 11 is 3.70. The van der Waals surface area contributed by atoms with E-state index in [2.05, 4.69) is 36.7 Å². The molecule has 0 aromatic rings. The van der Waals surface area contributed by atoms with E-state index < -0.39 is 0 Å². The molecule has 5 atom stereocenters. The minimum atomic E-state index is 0.287. The summed E-state index contributed by atoms with van der Waals surface area (Å²) in [5.74, 6) is 0.568. The van der Waals surface area contributed by atoms with Crippen LogP contribution < -0.4 is 0 Å². The van der Waals surface area contributed by atoms with Crippen molar-refractivity contribution in [3.05, 3.63) is 10.1 Å². The number of aldehydes is 1. The molecule has 0 heterocycles. The Hall–Kier alpha value is -0.110. The molecule has 15 heavy (non-hydrogen) atoms. The minimum Gasteiger partial charge on any atom is -0.298 e. The molecule has 0 aliphatic heterocycles. The second-order valence-electron chi connectivity index (χ2n) is 6.62. The lowest BCUT2D eigenvalue weighted by Crippen LogP contribution is -2.48. The normalized spacial score (nSPS) is 67.9. The number of hydrogen-bond donors (Lipinski definition) is 0. The van der Waals surface area contributed by atoms with Crippen molar-refractivity contribution in [3.63, 3.8) is 0 Å². The van der Waals surface area contributed by atoms with Gasteiger partial charge < -0.3 is 0 Å². The van der Waals surface area contributed by atoms with Gasteiger partial charge in [0.15, 0.2) is 0 Å². The zero-order valence-corrected chi connectivity index (χ0v) is 10.9. The van der Waals surface area contributed by atoms with E-state index in [0.717, 1.165) is 11.9 Å². The van der Waals surface area contributed by atoms with Gasteiger partial charge in [-0.3, -0.25) is 4.79 Å². The topological polar surface area (TPSA) is 17.1 Å². The highest BCUT2D eigenvalue weighted by atomic mass is 79.9. The van der Waals surface area contributed by atoms with Crippen LogP contribution in [0.25, 0.3) is 0 Å². The molecule has 80 valence electrons. The Labute approximate surface area is 98.4 Å². The molecular weight excluding hydrogens is 252 g/mol. The summed E-state index contributed by atoms with van der Waals surface area (Å²) in [5.41, 5.74) is 2.89. The van der Waals surface area contributed by atoms with Crippen LogP contribution in [0.3, 0.4) is 0 Å². The molecule has 0 N–H and O–H groups in total. The van der Waals surface area contributed by atoms with Crippen LogP contribution in [-0.2, 0) is 4.79 Å². The molecule has 0 aromatic carbocycles. The maximum atomic E-state index is 11.2. The largest absolute Gasteiger partial charge is 0.298 e. The molecule has 5 unspecified atom stereocenters. The van der Waals surface area contributed by atoms with Crippen LogP contribution in [0.1, 0.15) is 33.6 Å². The molecular formula is C13H15BrO. The summed E-state index contributed by atoms with van der Waals surface area (Å²) < 4.78 is 1.23. The van der Waals surface area contributed by atoms with Crippen LogP contribution in [0, 0.1) is 27.6 Å². The van der Waals surface area contributed by atoms with Gasteiger partial charge in [-0.25, -0.2) is 0 Å². The zero-order valence-electron chi connectivity index (χ0n) is 9.36. The third-order valence-electron chi connectivity index (χ3n) is 6.85. The van der Waals surface area contributed by atoms with Gasteiger partial charge in [-0.1, -0.05) is 36.7 Å². The average Bonchev–Trinajstić information content (AvgIpc) is 2.32. The molecule has 1 nitrogen and oxygen atoms in total. The van der Waals surface area contributed by atoms with E-state index in [-0.39, 0.29) is 5.41 Å². The Morgan fingerprint density at radius 1 is 1.33 bits per heavy atom. The van der Waals surface area contributed by atoms with Gasteiger partial charge in [0.1, 0.15) is 6.29 Å². The maximum absolute atomic E-state index is 11.2. The molecule has 1 spiro atoms. The Morgan fingerprint density at radius 2 is 2.00 bits per heavy atom. The van der Waals surface area contributed by atoms with Gasteiger partial charge in [-0.15, -0.1) is 0 Å². The Kier molecular flexibility index (Phi) is 1.07. The van der Waals surface area contributed by atoms with Crippen molar-refractivity contribution in [1.29, 1.82) is 0 Å². The first kappa shape index (κ1) is 8.98. The summed E-state index contributed by atoms with van der Waals surface area (Å²) in [6.07, 6.45) is 3.61. The molecule has 4 aliphatic rings. The highest BCUT2D eigenvalue weighted by Gasteiger charge is 3.03. The Morgan fingerprint density at radius 3 is 2.40 bits per heavy atom. The average molecular weight is 267 g/mol. The van der Waals surface area contributed by atoms with Crippen LogP contribution in [0.15, 0.2) is 10.1 Å². The van der Waals surface area contributed by atoms with Gasteiger partial charge >= 0.3 is 0 Å². The summed E-state index contributed by atoms with van der Waals surface area (Å²) in [4.78, 5) is 11.2. The lowest BCUT2D eigenvalue weighted by Gasteiger charge is -2.53. The predicted molar refractivity (Wildman–Crippen MR) is 61.5 cm³/mol. The summed E-state index contributed by atoms with van der Waals surface area (Å²) in [6, 6.07) is 0. The fourth-order valence-corrected chi connectivity index (χ4v) is 7.39. The molecule has 4 aliphatic carbocycles. The molecule has 0 radical (unpaired) electrons. The van der Waals surface area contributed by atoms with Crippen molar-refractivity contribution in [2.45, 2.75) is 33.6 Å². The quantitative estimate of drug-likeness (QED) is 0.666. The van der Waals surface area contributed by atoms with E-state index in [4.69, 9.17) is 0 Å². The number of carbonyl (C=O) groups is 1. The van der Waals surface area contributed by atoms with E-state index >= 15 is 0 Å². The zero-order chi connectivity index (χ0) is 10.9. The number of allylic oxidation sites excluding steroid dienone is 2. The van der Waals surface area contributed by atoms with Crippen molar-refractivity contribution in [2.24, 2.45) is 27.6 Å². The third-order valence-corrected chi connectivity index (χ3v) is 8.18. The molecule has 3 saturated carbocycles. The molecule has 2 heteroatoms. The van der Waals surface area contributed by atoms with Gasteiger partial charge in [0.05, 0.1) is 0 Å². The molecule has 0 amide bonds. The van der Waals surface area contributed by atoms with E-state index in [0.29, 0.717) is 22.2 Å². The van der Waals surface area contributed by atoms with Crippen molar-refractivity contribution in [1.82, 2.24) is 0 Å². The van der Waals surface area contributed by atoms with Crippen molar-refractivity contribution in [2.75, 3.05) is 0 Å². The maximum Gasteiger partial charge on any atom is 0.147 e. The molecule has 0 aromatic heterocycles. The van der Waals surface area contributed by atoms with E-state index in [1.165, 1.54) is 17.3 Å². The van der Waals surface area contributed by atoms with Gasteiger partial charge in [0, 0.05) is 15.5 Å². The summed E-state index contributed by atoms with van der Waals surface area (Å²) in [6.45, 7) is 7.22. The van der Waals surface area contributed by atoms with Gasteiger partial charge in [-0.2, -0.15) is 0 Å². The Balaban J connectivity index is 1.98. The van der Waals surface area contributed by atoms with Crippen molar-refractivity contribution < 1.29 is 4.79 Å². The van der Waals surface area contributed by atoms with E-state index in [1.54, 1.807) is 0 Å². The fraction of sp³-hybridized carbons (Fsp3) is 0.769. The molecule has 0 bridgehead atoms. The van der Waals surface area contributed by atoms with E-state index in [1.807, 2.05) is 0 Å². The molecule has 3 fully saturated rings. The van der Waals surface area contributed by atoms with Crippen LogP contribution in [0.5, 0.6) is 0 Å². The van der Waals surface area contributed by atoms with Crippen molar-refractivity contribution >= 4 is 22.2 Å². The highest BCUT2D eigenvalue weighted by Crippen LogP contribution is 3.08. The highest BCUT2D eigenvalue weighted by molar-refractivity contribution is 9.11. The summed E-state index contributed by atoms with van der Waals surface area (Å²) in [7, 11) is 0. The van der Waals surface area contributed by atoms with Gasteiger partial charge in [0.2, 0.25) is 0 Å². The smallest absolute Gasteiger partial charge is 0.147 e. The second-order valence-corrected chi connectivity index (χ2v) is 7.42. The lowest BCUT2D eigenvalue weighted by atomic mass is 9.51.